The van der Waals surface area contributed by atoms with Gasteiger partial charge in [0.1, 0.15) is 13.2 Å². The predicted molar refractivity (Wildman–Crippen MR) is 116 cm³/mol. The molecule has 0 spiro atoms. The van der Waals surface area contributed by atoms with Crippen LogP contribution in [0.25, 0.3) is 11.1 Å². The Morgan fingerprint density at radius 2 is 1.81 bits per heavy atom. The smallest absolute Gasteiger partial charge is 0.338 e. The van der Waals surface area contributed by atoms with Crippen LogP contribution in [0, 0.1) is 11.3 Å². The topological polar surface area (TPSA) is 72.5 Å². The summed E-state index contributed by atoms with van der Waals surface area (Å²) in [5, 5.41) is 0. The van der Waals surface area contributed by atoms with Gasteiger partial charge < -0.3 is 28.4 Å². The van der Waals surface area contributed by atoms with Crippen LogP contribution < -0.4 is 14.2 Å². The highest BCUT2D eigenvalue weighted by atomic mass is 16.6. The number of hydrogen-bond donors (Lipinski definition) is 0. The largest absolute Gasteiger partial charge is 0.493 e. The minimum Gasteiger partial charge on any atom is -0.493 e. The van der Waals surface area contributed by atoms with Crippen molar-refractivity contribution in [1.82, 2.24) is 0 Å². The molecule has 7 heteroatoms. The van der Waals surface area contributed by atoms with Crippen molar-refractivity contribution >= 4 is 5.97 Å². The van der Waals surface area contributed by atoms with Gasteiger partial charge in [-0.05, 0) is 48.6 Å². The number of ether oxygens (including phenoxy) is 6. The standard InChI is InChI=1S/C25H28O7/c1-27-12-25(13-29-14-25)15-32-22-19(17-5-6-20-18(9-17)11-31-24(20)26)7-8-21(28-2)23(22)30-10-16-3-4-16/h5-9,16H,3-4,10-15H2,1-2H3. The van der Waals surface area contributed by atoms with Crippen molar-refractivity contribution in [2.45, 2.75) is 19.4 Å². The lowest BCUT2D eigenvalue weighted by Crippen LogP contribution is -2.50. The molecule has 32 heavy (non-hydrogen) atoms. The minimum atomic E-state index is -0.280. The Hall–Kier alpha value is -2.77. The fourth-order valence-electron chi connectivity index (χ4n) is 4.13. The third-order valence-electron chi connectivity index (χ3n) is 6.24. The monoisotopic (exact) mass is 440 g/mol. The van der Waals surface area contributed by atoms with Gasteiger partial charge in [0.15, 0.2) is 11.5 Å². The number of carbonyl (C=O) groups excluding carboxylic acids is 1. The predicted octanol–water partition coefficient (Wildman–Crippen LogP) is 3.86. The van der Waals surface area contributed by atoms with E-state index in [4.69, 9.17) is 28.4 Å². The zero-order chi connectivity index (χ0) is 22.1. The van der Waals surface area contributed by atoms with E-state index < -0.39 is 0 Å². The van der Waals surface area contributed by atoms with Crippen LogP contribution in [0.15, 0.2) is 30.3 Å². The van der Waals surface area contributed by atoms with Crippen LogP contribution in [-0.4, -0.2) is 53.2 Å². The number of rotatable bonds is 10. The van der Waals surface area contributed by atoms with Crippen LogP contribution in [-0.2, 0) is 20.8 Å². The fourth-order valence-corrected chi connectivity index (χ4v) is 4.13. The number of benzene rings is 2. The Morgan fingerprint density at radius 3 is 2.50 bits per heavy atom. The molecule has 2 aliphatic heterocycles. The summed E-state index contributed by atoms with van der Waals surface area (Å²) >= 11 is 0. The van der Waals surface area contributed by atoms with Gasteiger partial charge in [-0.3, -0.25) is 0 Å². The maximum Gasteiger partial charge on any atom is 0.338 e. The van der Waals surface area contributed by atoms with Gasteiger partial charge >= 0.3 is 5.97 Å². The maximum absolute atomic E-state index is 11.9. The number of hydrogen-bond acceptors (Lipinski definition) is 7. The molecule has 0 N–H and O–H groups in total. The molecule has 2 aromatic carbocycles. The molecule has 2 fully saturated rings. The summed E-state index contributed by atoms with van der Waals surface area (Å²) in [6.45, 7) is 3.10. The van der Waals surface area contributed by atoms with E-state index in [1.54, 1.807) is 14.2 Å². The number of carbonyl (C=O) groups is 1. The first-order valence-corrected chi connectivity index (χ1v) is 11.0. The van der Waals surface area contributed by atoms with Crippen LogP contribution in [0.5, 0.6) is 17.2 Å². The normalized spacial score (nSPS) is 18.5. The highest BCUT2D eigenvalue weighted by molar-refractivity contribution is 5.94. The minimum absolute atomic E-state index is 0.180. The zero-order valence-corrected chi connectivity index (χ0v) is 18.5. The number of fused-ring (bicyclic) bond motifs is 1. The molecule has 0 amide bonds. The van der Waals surface area contributed by atoms with E-state index in [-0.39, 0.29) is 18.0 Å². The molecule has 170 valence electrons. The molecule has 3 aliphatic rings. The lowest BCUT2D eigenvalue weighted by Gasteiger charge is -2.40. The molecule has 0 radical (unpaired) electrons. The molecule has 0 unspecified atom stereocenters. The molecule has 0 aromatic heterocycles. The Balaban J connectivity index is 1.52. The van der Waals surface area contributed by atoms with Crippen molar-refractivity contribution in [3.8, 4) is 28.4 Å². The highest BCUT2D eigenvalue weighted by Gasteiger charge is 2.40. The summed E-state index contributed by atoms with van der Waals surface area (Å²) in [5.41, 5.74) is 3.12. The Bertz CT molecular complexity index is 1010. The summed E-state index contributed by atoms with van der Waals surface area (Å²) in [4.78, 5) is 11.9. The van der Waals surface area contributed by atoms with Crippen molar-refractivity contribution in [3.63, 3.8) is 0 Å². The highest BCUT2D eigenvalue weighted by Crippen LogP contribution is 2.47. The van der Waals surface area contributed by atoms with Crippen molar-refractivity contribution in [3.05, 3.63) is 41.5 Å². The molecule has 2 aromatic rings. The van der Waals surface area contributed by atoms with Crippen LogP contribution in [0.1, 0.15) is 28.8 Å². The Labute approximate surface area is 187 Å². The summed E-state index contributed by atoms with van der Waals surface area (Å²) in [6.07, 6.45) is 2.37. The Kier molecular flexibility index (Phi) is 5.69. The number of methoxy groups -OCH3 is 2. The molecule has 0 atom stereocenters. The first-order valence-electron chi connectivity index (χ1n) is 11.0. The molecule has 1 saturated carbocycles. The average molecular weight is 440 g/mol. The lowest BCUT2D eigenvalue weighted by molar-refractivity contribution is -0.159. The van der Waals surface area contributed by atoms with Crippen LogP contribution in [0.4, 0.5) is 0 Å². The van der Waals surface area contributed by atoms with Gasteiger partial charge in [-0.15, -0.1) is 0 Å². The maximum atomic E-state index is 11.9. The zero-order valence-electron chi connectivity index (χ0n) is 18.5. The molecule has 5 rings (SSSR count). The van der Waals surface area contributed by atoms with Gasteiger partial charge in [0.25, 0.3) is 0 Å². The Morgan fingerprint density at radius 1 is 1.00 bits per heavy atom. The summed E-state index contributed by atoms with van der Waals surface area (Å²) < 4.78 is 34.4. The molecule has 1 saturated heterocycles. The molecule has 7 nitrogen and oxygen atoms in total. The van der Waals surface area contributed by atoms with Gasteiger partial charge in [0.05, 0.1) is 44.5 Å². The van der Waals surface area contributed by atoms with Gasteiger partial charge in [-0.1, -0.05) is 6.07 Å². The fraction of sp³-hybridized carbons (Fsp3) is 0.480. The summed E-state index contributed by atoms with van der Waals surface area (Å²) in [6, 6.07) is 9.58. The first-order chi connectivity index (χ1) is 15.6. The molecule has 0 bridgehead atoms. The molecular formula is C25H28O7. The van der Waals surface area contributed by atoms with E-state index in [1.165, 1.54) is 12.8 Å². The lowest BCUT2D eigenvalue weighted by atomic mass is 9.88. The molecule has 1 aliphatic carbocycles. The van der Waals surface area contributed by atoms with E-state index in [9.17, 15) is 4.79 Å². The quantitative estimate of drug-likeness (QED) is 0.520. The van der Waals surface area contributed by atoms with Crippen LogP contribution >= 0.6 is 0 Å². The van der Waals surface area contributed by atoms with Crippen molar-refractivity contribution in [1.29, 1.82) is 0 Å². The molecule has 2 heterocycles. The summed E-state index contributed by atoms with van der Waals surface area (Å²) in [5.74, 6) is 2.18. The van der Waals surface area contributed by atoms with Gasteiger partial charge in [0.2, 0.25) is 5.75 Å². The van der Waals surface area contributed by atoms with Crippen LogP contribution in [0.2, 0.25) is 0 Å². The van der Waals surface area contributed by atoms with E-state index >= 15 is 0 Å². The van der Waals surface area contributed by atoms with Crippen molar-refractivity contribution in [2.24, 2.45) is 11.3 Å². The SMILES string of the molecule is COCC1(COc2c(-c3ccc4c(c3)COC4=O)ccc(OC)c2OCC2CC2)COC1. The van der Waals surface area contributed by atoms with E-state index in [0.717, 1.165) is 16.7 Å². The van der Waals surface area contributed by atoms with E-state index in [1.807, 2.05) is 30.3 Å². The number of esters is 1. The van der Waals surface area contributed by atoms with Crippen molar-refractivity contribution < 1.29 is 33.2 Å². The third kappa shape index (κ3) is 4.02. The van der Waals surface area contributed by atoms with Crippen molar-refractivity contribution in [2.75, 3.05) is 47.3 Å². The van der Waals surface area contributed by atoms with E-state index in [0.29, 0.717) is 61.8 Å². The van der Waals surface area contributed by atoms with Gasteiger partial charge in [0, 0.05) is 18.2 Å². The second-order valence-electron chi connectivity index (χ2n) is 8.89. The first kappa shape index (κ1) is 21.1. The number of cyclic esters (lactones) is 1. The summed E-state index contributed by atoms with van der Waals surface area (Å²) in [7, 11) is 3.32. The molecular weight excluding hydrogens is 412 g/mol. The van der Waals surface area contributed by atoms with E-state index in [2.05, 4.69) is 0 Å². The van der Waals surface area contributed by atoms with Crippen LogP contribution in [0.3, 0.4) is 0 Å². The third-order valence-corrected chi connectivity index (χ3v) is 6.24. The second kappa shape index (κ2) is 8.64. The second-order valence-corrected chi connectivity index (χ2v) is 8.89. The van der Waals surface area contributed by atoms with Gasteiger partial charge in [-0.2, -0.15) is 0 Å². The average Bonchev–Trinajstić information content (AvgIpc) is 3.55. The van der Waals surface area contributed by atoms with Gasteiger partial charge in [-0.25, -0.2) is 4.79 Å².